The maximum absolute atomic E-state index is 11.5. The van der Waals surface area contributed by atoms with Gasteiger partial charge in [-0.05, 0) is 19.8 Å². The van der Waals surface area contributed by atoms with Crippen LogP contribution < -0.4 is 4.72 Å². The van der Waals surface area contributed by atoms with Crippen molar-refractivity contribution in [3.05, 3.63) is 0 Å². The van der Waals surface area contributed by atoms with Crippen molar-refractivity contribution in [2.75, 3.05) is 20.2 Å². The highest BCUT2D eigenvalue weighted by molar-refractivity contribution is 7.87. The van der Waals surface area contributed by atoms with Crippen molar-refractivity contribution in [2.24, 2.45) is 0 Å². The third-order valence-corrected chi connectivity index (χ3v) is 3.90. The van der Waals surface area contributed by atoms with Gasteiger partial charge in [0.1, 0.15) is 6.04 Å². The Morgan fingerprint density at radius 3 is 2.80 bits per heavy atom. The Kier molecular flexibility index (Phi) is 4.06. The van der Waals surface area contributed by atoms with Gasteiger partial charge in [-0.2, -0.15) is 12.7 Å². The zero-order chi connectivity index (χ0) is 11.5. The van der Waals surface area contributed by atoms with Gasteiger partial charge in [0, 0.05) is 13.6 Å². The van der Waals surface area contributed by atoms with E-state index in [9.17, 15) is 13.2 Å². The zero-order valence-electron chi connectivity index (χ0n) is 8.89. The lowest BCUT2D eigenvalue weighted by atomic mass is 10.2. The molecule has 6 nitrogen and oxygen atoms in total. The summed E-state index contributed by atoms with van der Waals surface area (Å²) in [5.41, 5.74) is 0. The first kappa shape index (κ1) is 12.4. The van der Waals surface area contributed by atoms with Crippen LogP contribution in [-0.2, 0) is 19.7 Å². The van der Waals surface area contributed by atoms with E-state index in [1.807, 2.05) is 0 Å². The van der Waals surface area contributed by atoms with Crippen molar-refractivity contribution in [1.82, 2.24) is 9.03 Å². The number of hydrogen-bond donors (Lipinski definition) is 1. The van der Waals surface area contributed by atoms with E-state index < -0.39 is 22.2 Å². The van der Waals surface area contributed by atoms with E-state index in [2.05, 4.69) is 4.72 Å². The fourth-order valence-electron chi connectivity index (χ4n) is 1.62. The predicted molar refractivity (Wildman–Crippen MR) is 54.3 cm³/mol. The Hall–Kier alpha value is -0.660. The molecule has 1 N–H and O–H groups in total. The molecule has 15 heavy (non-hydrogen) atoms. The molecular weight excluding hydrogens is 220 g/mol. The second-order valence-electron chi connectivity index (χ2n) is 3.23. The van der Waals surface area contributed by atoms with Crippen molar-refractivity contribution in [1.29, 1.82) is 0 Å². The molecule has 0 aromatic carbocycles. The fraction of sp³-hybridized carbons (Fsp3) is 0.875. The third kappa shape index (κ3) is 2.67. The van der Waals surface area contributed by atoms with E-state index in [-0.39, 0.29) is 6.61 Å². The van der Waals surface area contributed by atoms with E-state index in [0.29, 0.717) is 19.4 Å². The molecule has 0 bridgehead atoms. The number of carbonyl (C=O) groups is 1. The van der Waals surface area contributed by atoms with Crippen LogP contribution in [0.5, 0.6) is 0 Å². The molecule has 0 spiro atoms. The van der Waals surface area contributed by atoms with Crippen LogP contribution in [0, 0.1) is 0 Å². The second-order valence-corrected chi connectivity index (χ2v) is 5.06. The summed E-state index contributed by atoms with van der Waals surface area (Å²) in [6.07, 6.45) is 1.21. The molecule has 0 aromatic heterocycles. The molecule has 0 aromatic rings. The van der Waals surface area contributed by atoms with Gasteiger partial charge in [0.05, 0.1) is 6.61 Å². The lowest BCUT2D eigenvalue weighted by molar-refractivity contribution is -0.146. The van der Waals surface area contributed by atoms with Crippen LogP contribution in [0.15, 0.2) is 0 Å². The number of rotatable bonds is 4. The molecule has 1 heterocycles. The van der Waals surface area contributed by atoms with Gasteiger partial charge in [-0.3, -0.25) is 4.79 Å². The van der Waals surface area contributed by atoms with Gasteiger partial charge in [-0.25, -0.2) is 4.72 Å². The minimum Gasteiger partial charge on any atom is -0.465 e. The van der Waals surface area contributed by atoms with Crippen molar-refractivity contribution in [3.63, 3.8) is 0 Å². The van der Waals surface area contributed by atoms with Crippen molar-refractivity contribution < 1.29 is 17.9 Å². The van der Waals surface area contributed by atoms with E-state index >= 15 is 0 Å². The molecule has 0 amide bonds. The summed E-state index contributed by atoms with van der Waals surface area (Å²) in [6.45, 7) is 2.33. The summed E-state index contributed by atoms with van der Waals surface area (Å²) < 4.78 is 31.2. The third-order valence-electron chi connectivity index (χ3n) is 2.33. The Labute approximate surface area is 89.8 Å². The van der Waals surface area contributed by atoms with Crippen LogP contribution in [0.4, 0.5) is 0 Å². The molecule has 88 valence electrons. The van der Waals surface area contributed by atoms with Gasteiger partial charge in [-0.15, -0.1) is 0 Å². The van der Waals surface area contributed by atoms with Crippen molar-refractivity contribution >= 4 is 16.2 Å². The molecule has 0 radical (unpaired) electrons. The van der Waals surface area contributed by atoms with Crippen LogP contribution in [0.2, 0.25) is 0 Å². The first-order valence-corrected chi connectivity index (χ1v) is 6.34. The number of carbonyl (C=O) groups excluding carboxylic acids is 1. The minimum absolute atomic E-state index is 0.267. The van der Waals surface area contributed by atoms with Gasteiger partial charge in [0.2, 0.25) is 0 Å². The maximum atomic E-state index is 11.5. The van der Waals surface area contributed by atoms with Crippen LogP contribution >= 0.6 is 0 Å². The van der Waals surface area contributed by atoms with Gasteiger partial charge in [0.25, 0.3) is 10.2 Å². The summed E-state index contributed by atoms with van der Waals surface area (Å²) >= 11 is 0. The van der Waals surface area contributed by atoms with Crippen LogP contribution in [-0.4, -0.2) is 44.9 Å². The molecule has 1 rings (SSSR count). The minimum atomic E-state index is -3.53. The number of nitrogens with one attached hydrogen (secondary N) is 1. The first-order chi connectivity index (χ1) is 7.03. The molecule has 1 saturated heterocycles. The quantitative estimate of drug-likeness (QED) is 0.666. The van der Waals surface area contributed by atoms with Crippen LogP contribution in [0.3, 0.4) is 0 Å². The molecule has 1 aliphatic heterocycles. The Bertz CT molecular complexity index is 328. The standard InChI is InChI=1S/C8H16N2O4S/c1-3-14-8(11)7-5-4-6-10(7)15(12,13)9-2/h7,9H,3-6H2,1-2H3. The summed E-state index contributed by atoms with van der Waals surface area (Å²) in [5, 5.41) is 0. The van der Waals surface area contributed by atoms with Crippen molar-refractivity contribution in [3.8, 4) is 0 Å². The van der Waals surface area contributed by atoms with E-state index in [0.717, 1.165) is 4.31 Å². The molecule has 1 aliphatic rings. The van der Waals surface area contributed by atoms with E-state index in [1.54, 1.807) is 6.92 Å². The smallest absolute Gasteiger partial charge is 0.324 e. The largest absolute Gasteiger partial charge is 0.465 e. The number of esters is 1. The molecule has 1 fully saturated rings. The molecular formula is C8H16N2O4S. The lowest BCUT2D eigenvalue weighted by Crippen LogP contribution is -2.45. The number of ether oxygens (including phenoxy) is 1. The molecule has 1 unspecified atom stereocenters. The SMILES string of the molecule is CCOC(=O)C1CCCN1S(=O)(=O)NC. The normalized spacial score (nSPS) is 22.9. The Balaban J connectivity index is 2.78. The highest BCUT2D eigenvalue weighted by atomic mass is 32.2. The summed E-state index contributed by atoms with van der Waals surface area (Å²) in [4.78, 5) is 11.5. The van der Waals surface area contributed by atoms with Gasteiger partial charge in [-0.1, -0.05) is 0 Å². The van der Waals surface area contributed by atoms with Gasteiger partial charge < -0.3 is 4.74 Å². The van der Waals surface area contributed by atoms with Crippen LogP contribution in [0.25, 0.3) is 0 Å². The molecule has 0 saturated carbocycles. The van der Waals surface area contributed by atoms with E-state index in [4.69, 9.17) is 4.74 Å². The molecule has 0 aliphatic carbocycles. The second kappa shape index (κ2) is 4.91. The Morgan fingerprint density at radius 1 is 1.60 bits per heavy atom. The van der Waals surface area contributed by atoms with Gasteiger partial charge in [0.15, 0.2) is 0 Å². The molecule has 1 atom stereocenters. The first-order valence-electron chi connectivity index (χ1n) is 4.90. The number of hydrogen-bond acceptors (Lipinski definition) is 4. The Morgan fingerprint density at radius 2 is 2.27 bits per heavy atom. The maximum Gasteiger partial charge on any atom is 0.324 e. The highest BCUT2D eigenvalue weighted by Crippen LogP contribution is 2.20. The highest BCUT2D eigenvalue weighted by Gasteiger charge is 2.38. The lowest BCUT2D eigenvalue weighted by Gasteiger charge is -2.21. The topological polar surface area (TPSA) is 75.7 Å². The average Bonchev–Trinajstić information content (AvgIpc) is 2.67. The fourth-order valence-corrected chi connectivity index (χ4v) is 2.75. The summed E-state index contributed by atoms with van der Waals surface area (Å²) in [6, 6.07) is -0.664. The summed E-state index contributed by atoms with van der Waals surface area (Å²) in [5.74, 6) is -0.464. The van der Waals surface area contributed by atoms with Crippen LogP contribution in [0.1, 0.15) is 19.8 Å². The molecule has 7 heteroatoms. The average molecular weight is 236 g/mol. The van der Waals surface area contributed by atoms with Crippen molar-refractivity contribution in [2.45, 2.75) is 25.8 Å². The monoisotopic (exact) mass is 236 g/mol. The van der Waals surface area contributed by atoms with Gasteiger partial charge >= 0.3 is 5.97 Å². The van der Waals surface area contributed by atoms with E-state index in [1.165, 1.54) is 7.05 Å². The zero-order valence-corrected chi connectivity index (χ0v) is 9.71. The number of nitrogens with zero attached hydrogens (tertiary/aromatic N) is 1. The predicted octanol–water partition coefficient (Wildman–Crippen LogP) is -0.522. The summed E-state index contributed by atoms with van der Waals surface area (Å²) in [7, 11) is -2.20.